The van der Waals surface area contributed by atoms with Crippen molar-refractivity contribution in [3.8, 4) is 0 Å². The van der Waals surface area contributed by atoms with Crippen molar-refractivity contribution in [2.45, 2.75) is 84.2 Å². The van der Waals surface area contributed by atoms with Gasteiger partial charge in [-0.05, 0) is 32.1 Å². The maximum atomic E-state index is 10.9. The summed E-state index contributed by atoms with van der Waals surface area (Å²) in [5, 5.41) is 10.9. The zero-order chi connectivity index (χ0) is 13.6. The highest BCUT2D eigenvalue weighted by atomic mass is 16.3. The van der Waals surface area contributed by atoms with Crippen molar-refractivity contribution < 1.29 is 5.11 Å². The van der Waals surface area contributed by atoms with Gasteiger partial charge in [0, 0.05) is 12.0 Å². The van der Waals surface area contributed by atoms with E-state index in [1.807, 2.05) is 6.92 Å². The second kappa shape index (κ2) is 6.91. The zero-order valence-electron chi connectivity index (χ0n) is 12.7. The highest BCUT2D eigenvalue weighted by Crippen LogP contribution is 2.48. The van der Waals surface area contributed by atoms with Gasteiger partial charge in [-0.3, -0.25) is 0 Å². The fourth-order valence-corrected chi connectivity index (χ4v) is 3.71. The Morgan fingerprint density at radius 1 is 1.33 bits per heavy atom. The van der Waals surface area contributed by atoms with Gasteiger partial charge < -0.3 is 10.8 Å². The van der Waals surface area contributed by atoms with Crippen LogP contribution in [0.15, 0.2) is 0 Å². The molecule has 0 aliphatic heterocycles. The molecule has 3 atom stereocenters. The van der Waals surface area contributed by atoms with Crippen molar-refractivity contribution >= 4 is 0 Å². The van der Waals surface area contributed by atoms with E-state index in [-0.39, 0.29) is 5.41 Å². The molecule has 1 rings (SSSR count). The predicted molar refractivity (Wildman–Crippen MR) is 78.5 cm³/mol. The Kier molecular flexibility index (Phi) is 6.13. The quantitative estimate of drug-likeness (QED) is 0.678. The Morgan fingerprint density at radius 3 is 2.61 bits per heavy atom. The van der Waals surface area contributed by atoms with E-state index in [2.05, 4.69) is 13.8 Å². The van der Waals surface area contributed by atoms with Crippen LogP contribution in [0.3, 0.4) is 0 Å². The molecule has 0 heterocycles. The van der Waals surface area contributed by atoms with E-state index in [4.69, 9.17) is 5.73 Å². The Bertz CT molecular complexity index is 239. The van der Waals surface area contributed by atoms with Gasteiger partial charge in [0.05, 0.1) is 5.60 Å². The van der Waals surface area contributed by atoms with Gasteiger partial charge in [0.15, 0.2) is 0 Å². The molecule has 2 nitrogen and oxygen atoms in total. The van der Waals surface area contributed by atoms with Gasteiger partial charge in [0.25, 0.3) is 0 Å². The van der Waals surface area contributed by atoms with Crippen LogP contribution in [-0.4, -0.2) is 17.3 Å². The van der Waals surface area contributed by atoms with Crippen LogP contribution >= 0.6 is 0 Å². The largest absolute Gasteiger partial charge is 0.390 e. The second-order valence-electron chi connectivity index (χ2n) is 6.59. The summed E-state index contributed by atoms with van der Waals surface area (Å²) < 4.78 is 0. The first-order chi connectivity index (χ1) is 8.51. The van der Waals surface area contributed by atoms with Crippen molar-refractivity contribution in [2.75, 3.05) is 6.54 Å². The van der Waals surface area contributed by atoms with E-state index < -0.39 is 5.60 Å². The van der Waals surface area contributed by atoms with Crippen LogP contribution in [0.5, 0.6) is 0 Å². The standard InChI is InChI=1S/C16H33NO/c1-4-6-7-10-15(3,18)16(13-17)11-8-9-14(5-2)12-16/h14,18H,4-13,17H2,1-3H3. The minimum Gasteiger partial charge on any atom is -0.390 e. The van der Waals surface area contributed by atoms with Crippen LogP contribution < -0.4 is 5.73 Å². The Morgan fingerprint density at radius 2 is 2.06 bits per heavy atom. The Balaban J connectivity index is 2.71. The van der Waals surface area contributed by atoms with Crippen molar-refractivity contribution in [3.05, 3.63) is 0 Å². The molecule has 0 aromatic rings. The van der Waals surface area contributed by atoms with Crippen LogP contribution in [0.2, 0.25) is 0 Å². The summed E-state index contributed by atoms with van der Waals surface area (Å²) in [7, 11) is 0. The normalized spacial score (nSPS) is 32.2. The summed E-state index contributed by atoms with van der Waals surface area (Å²) in [5.41, 5.74) is 5.48. The Hall–Kier alpha value is -0.0800. The smallest absolute Gasteiger partial charge is 0.0687 e. The van der Waals surface area contributed by atoms with Crippen LogP contribution in [0.25, 0.3) is 0 Å². The van der Waals surface area contributed by atoms with Gasteiger partial charge in [-0.25, -0.2) is 0 Å². The third-order valence-electron chi connectivity index (χ3n) is 5.32. The molecule has 3 N–H and O–H groups in total. The van der Waals surface area contributed by atoms with Crippen LogP contribution in [-0.2, 0) is 0 Å². The average Bonchev–Trinajstić information content (AvgIpc) is 2.38. The van der Waals surface area contributed by atoms with E-state index >= 15 is 0 Å². The molecule has 108 valence electrons. The predicted octanol–water partition coefficient (Wildman–Crippen LogP) is 3.86. The summed E-state index contributed by atoms with van der Waals surface area (Å²) in [5.74, 6) is 0.764. The summed E-state index contributed by atoms with van der Waals surface area (Å²) in [4.78, 5) is 0. The van der Waals surface area contributed by atoms with Crippen LogP contribution in [0.1, 0.15) is 78.6 Å². The lowest BCUT2D eigenvalue weighted by atomic mass is 9.59. The highest BCUT2D eigenvalue weighted by Gasteiger charge is 2.47. The fourth-order valence-electron chi connectivity index (χ4n) is 3.71. The lowest BCUT2D eigenvalue weighted by Crippen LogP contribution is -2.53. The first kappa shape index (κ1) is 16.0. The molecule has 1 aliphatic rings. The molecule has 1 fully saturated rings. The lowest BCUT2D eigenvalue weighted by Gasteiger charge is -2.50. The first-order valence-corrected chi connectivity index (χ1v) is 7.94. The number of hydrogen-bond donors (Lipinski definition) is 2. The van der Waals surface area contributed by atoms with E-state index in [0.717, 1.165) is 31.6 Å². The molecule has 0 radical (unpaired) electrons. The van der Waals surface area contributed by atoms with Gasteiger partial charge in [-0.15, -0.1) is 0 Å². The van der Waals surface area contributed by atoms with Gasteiger partial charge in [-0.1, -0.05) is 52.4 Å². The molecule has 2 heteroatoms. The van der Waals surface area contributed by atoms with Gasteiger partial charge in [0.1, 0.15) is 0 Å². The molecule has 3 unspecified atom stereocenters. The first-order valence-electron chi connectivity index (χ1n) is 7.94. The summed E-state index contributed by atoms with van der Waals surface area (Å²) in [6.45, 7) is 7.15. The zero-order valence-corrected chi connectivity index (χ0v) is 12.7. The molecule has 0 spiro atoms. The molecule has 0 saturated heterocycles. The molecule has 0 bridgehead atoms. The minimum absolute atomic E-state index is 0.0281. The van der Waals surface area contributed by atoms with E-state index in [1.165, 1.54) is 32.1 Å². The van der Waals surface area contributed by atoms with E-state index in [0.29, 0.717) is 6.54 Å². The monoisotopic (exact) mass is 255 g/mol. The lowest BCUT2D eigenvalue weighted by molar-refractivity contribution is -0.102. The molecule has 18 heavy (non-hydrogen) atoms. The van der Waals surface area contributed by atoms with Crippen molar-refractivity contribution in [1.29, 1.82) is 0 Å². The highest BCUT2D eigenvalue weighted by molar-refractivity contribution is 4.99. The van der Waals surface area contributed by atoms with Gasteiger partial charge in [0.2, 0.25) is 0 Å². The van der Waals surface area contributed by atoms with Crippen molar-refractivity contribution in [1.82, 2.24) is 0 Å². The second-order valence-corrected chi connectivity index (χ2v) is 6.59. The molecule has 0 aromatic carbocycles. The maximum absolute atomic E-state index is 10.9. The third kappa shape index (κ3) is 3.48. The van der Waals surface area contributed by atoms with Crippen LogP contribution in [0.4, 0.5) is 0 Å². The maximum Gasteiger partial charge on any atom is 0.0687 e. The summed E-state index contributed by atoms with van der Waals surface area (Å²) >= 11 is 0. The summed E-state index contributed by atoms with van der Waals surface area (Å²) in [6.07, 6.45) is 10.5. The molecule has 0 amide bonds. The van der Waals surface area contributed by atoms with Crippen LogP contribution in [0, 0.1) is 11.3 Å². The third-order valence-corrected chi connectivity index (χ3v) is 5.32. The molecule has 1 aliphatic carbocycles. The van der Waals surface area contributed by atoms with E-state index in [1.54, 1.807) is 0 Å². The van der Waals surface area contributed by atoms with E-state index in [9.17, 15) is 5.11 Å². The molecule has 0 aromatic heterocycles. The topological polar surface area (TPSA) is 46.2 Å². The van der Waals surface area contributed by atoms with Crippen molar-refractivity contribution in [2.24, 2.45) is 17.1 Å². The Labute approximate surface area is 113 Å². The van der Waals surface area contributed by atoms with Gasteiger partial charge >= 0.3 is 0 Å². The average molecular weight is 255 g/mol. The number of rotatable bonds is 7. The number of aliphatic hydroxyl groups is 1. The molecule has 1 saturated carbocycles. The number of unbranched alkanes of at least 4 members (excludes halogenated alkanes) is 2. The van der Waals surface area contributed by atoms with Crippen molar-refractivity contribution in [3.63, 3.8) is 0 Å². The molecular formula is C16H33NO. The van der Waals surface area contributed by atoms with Gasteiger partial charge in [-0.2, -0.15) is 0 Å². The number of hydrogen-bond acceptors (Lipinski definition) is 2. The molecular weight excluding hydrogens is 222 g/mol. The summed E-state index contributed by atoms with van der Waals surface area (Å²) in [6, 6.07) is 0. The SMILES string of the molecule is CCCCCC(C)(O)C1(CN)CCCC(CC)C1. The minimum atomic E-state index is -0.579. The number of nitrogens with two attached hydrogens (primary N) is 1. The fraction of sp³-hybridized carbons (Fsp3) is 1.00.